The molecule has 0 aliphatic heterocycles. The van der Waals surface area contributed by atoms with E-state index in [1.165, 1.54) is 4.80 Å². The van der Waals surface area contributed by atoms with Crippen molar-refractivity contribution in [2.75, 3.05) is 0 Å². The Morgan fingerprint density at radius 1 is 1.30 bits per heavy atom. The number of nitrogens with zero attached hydrogens (tertiary/aromatic N) is 3. The molecule has 0 unspecified atom stereocenters. The van der Waals surface area contributed by atoms with E-state index in [-0.39, 0.29) is 7.43 Å². The summed E-state index contributed by atoms with van der Waals surface area (Å²) in [4.78, 5) is 1.46. The fraction of sp³-hybridized carbons (Fsp3) is 0.429. The molecule has 0 N–H and O–H groups in total. The van der Waals surface area contributed by atoms with E-state index in [1.54, 1.807) is 6.20 Å². The molecule has 0 amide bonds. The molecule has 56 valence electrons. The average molecular weight is 139 g/mol. The summed E-state index contributed by atoms with van der Waals surface area (Å²) in [6.45, 7) is 7.36. The molecule has 3 nitrogen and oxygen atoms in total. The lowest BCUT2D eigenvalue weighted by Gasteiger charge is -1.80. The summed E-state index contributed by atoms with van der Waals surface area (Å²) in [7, 11) is 0. The monoisotopic (exact) mass is 139 g/mol. The molecule has 0 saturated carbocycles. The van der Waals surface area contributed by atoms with Crippen LogP contribution < -0.4 is 0 Å². The van der Waals surface area contributed by atoms with Crippen molar-refractivity contribution in [2.24, 2.45) is 0 Å². The van der Waals surface area contributed by atoms with Crippen molar-refractivity contribution in [3.63, 3.8) is 0 Å². The highest BCUT2D eigenvalue weighted by Gasteiger charge is 1.96. The molecule has 1 aromatic heterocycles. The molecular weight excluding hydrogens is 126 g/mol. The Labute approximate surface area is 61.4 Å². The van der Waals surface area contributed by atoms with Crippen LogP contribution in [0.4, 0.5) is 0 Å². The Morgan fingerprint density at radius 3 is 1.90 bits per heavy atom. The van der Waals surface area contributed by atoms with Crippen molar-refractivity contribution in [2.45, 2.75) is 21.3 Å². The first-order chi connectivity index (χ1) is 4.24. The van der Waals surface area contributed by atoms with Crippen molar-refractivity contribution >= 4 is 6.20 Å². The van der Waals surface area contributed by atoms with E-state index in [2.05, 4.69) is 16.8 Å². The van der Waals surface area contributed by atoms with Crippen LogP contribution >= 0.6 is 0 Å². The first-order valence-electron chi connectivity index (χ1n) is 2.76. The van der Waals surface area contributed by atoms with Crippen LogP contribution in [0.5, 0.6) is 0 Å². The van der Waals surface area contributed by atoms with Crippen LogP contribution in [0.25, 0.3) is 6.20 Å². The molecule has 10 heavy (non-hydrogen) atoms. The van der Waals surface area contributed by atoms with Crippen LogP contribution in [0.2, 0.25) is 0 Å². The highest BCUT2D eigenvalue weighted by molar-refractivity contribution is 5.13. The zero-order valence-corrected chi connectivity index (χ0v) is 5.63. The second kappa shape index (κ2) is 3.15. The number of aryl methyl sites for hydroxylation is 2. The van der Waals surface area contributed by atoms with E-state index in [0.29, 0.717) is 0 Å². The zero-order valence-electron chi connectivity index (χ0n) is 5.63. The van der Waals surface area contributed by atoms with Gasteiger partial charge < -0.3 is 0 Å². The molecule has 0 aromatic carbocycles. The SMILES string of the molecule is C.C=Cn1nc(C)c(C)n1. The van der Waals surface area contributed by atoms with E-state index in [4.69, 9.17) is 0 Å². The molecule has 3 heteroatoms. The van der Waals surface area contributed by atoms with Gasteiger partial charge in [0, 0.05) is 6.20 Å². The second-order valence-corrected chi connectivity index (χ2v) is 1.87. The van der Waals surface area contributed by atoms with Crippen molar-refractivity contribution in [1.29, 1.82) is 0 Å². The van der Waals surface area contributed by atoms with Gasteiger partial charge in [0.05, 0.1) is 11.4 Å². The number of aromatic nitrogens is 3. The van der Waals surface area contributed by atoms with Gasteiger partial charge in [-0.25, -0.2) is 0 Å². The van der Waals surface area contributed by atoms with Crippen molar-refractivity contribution < 1.29 is 0 Å². The fourth-order valence-corrected chi connectivity index (χ4v) is 0.556. The molecule has 0 aliphatic carbocycles. The van der Waals surface area contributed by atoms with Gasteiger partial charge in [-0.15, -0.1) is 0 Å². The summed E-state index contributed by atoms with van der Waals surface area (Å²) in [5.41, 5.74) is 1.91. The lowest BCUT2D eigenvalue weighted by molar-refractivity contribution is 0.785. The van der Waals surface area contributed by atoms with Crippen LogP contribution in [0.1, 0.15) is 18.8 Å². The Hall–Kier alpha value is -1.12. The molecule has 1 aromatic rings. The summed E-state index contributed by atoms with van der Waals surface area (Å²) in [6.07, 6.45) is 1.57. The standard InChI is InChI=1S/C6H9N3.CH4/c1-4-9-7-5(2)6(3)8-9;/h4H,1H2,2-3H3;1H4. The maximum Gasteiger partial charge on any atom is 0.0829 e. The summed E-state index contributed by atoms with van der Waals surface area (Å²) in [6, 6.07) is 0. The molecular formula is C7H13N3. The minimum atomic E-state index is 0. The largest absolute Gasteiger partial charge is 0.159 e. The van der Waals surface area contributed by atoms with Crippen LogP contribution in [0, 0.1) is 13.8 Å². The van der Waals surface area contributed by atoms with Crippen LogP contribution in [-0.2, 0) is 0 Å². The normalized spacial score (nSPS) is 8.60. The molecule has 0 radical (unpaired) electrons. The van der Waals surface area contributed by atoms with Gasteiger partial charge >= 0.3 is 0 Å². The van der Waals surface area contributed by atoms with E-state index < -0.39 is 0 Å². The van der Waals surface area contributed by atoms with Gasteiger partial charge in [-0.3, -0.25) is 0 Å². The van der Waals surface area contributed by atoms with E-state index in [1.807, 2.05) is 13.8 Å². The van der Waals surface area contributed by atoms with E-state index >= 15 is 0 Å². The summed E-state index contributed by atoms with van der Waals surface area (Å²) in [5.74, 6) is 0. The molecule has 0 saturated heterocycles. The topological polar surface area (TPSA) is 30.7 Å². The molecule has 1 heterocycles. The van der Waals surface area contributed by atoms with Gasteiger partial charge in [0.1, 0.15) is 0 Å². The third-order valence-corrected chi connectivity index (χ3v) is 1.19. The Morgan fingerprint density at radius 2 is 1.70 bits per heavy atom. The maximum atomic E-state index is 4.02. The first-order valence-corrected chi connectivity index (χ1v) is 2.76. The van der Waals surface area contributed by atoms with Crippen molar-refractivity contribution in [3.05, 3.63) is 18.0 Å². The summed E-state index contributed by atoms with van der Waals surface area (Å²) in [5, 5.41) is 8.03. The number of rotatable bonds is 1. The van der Waals surface area contributed by atoms with Gasteiger partial charge in [-0.2, -0.15) is 15.0 Å². The van der Waals surface area contributed by atoms with Gasteiger partial charge in [-0.05, 0) is 13.8 Å². The summed E-state index contributed by atoms with van der Waals surface area (Å²) >= 11 is 0. The minimum Gasteiger partial charge on any atom is -0.159 e. The Bertz CT molecular complexity index is 205. The van der Waals surface area contributed by atoms with Crippen molar-refractivity contribution in [3.8, 4) is 0 Å². The third kappa shape index (κ3) is 1.43. The molecule has 0 atom stereocenters. The average Bonchev–Trinajstić information content (AvgIpc) is 2.13. The second-order valence-electron chi connectivity index (χ2n) is 1.87. The van der Waals surface area contributed by atoms with Crippen LogP contribution in [0.3, 0.4) is 0 Å². The highest BCUT2D eigenvalue weighted by atomic mass is 15.5. The molecule has 0 bridgehead atoms. The quantitative estimate of drug-likeness (QED) is 0.592. The predicted octanol–water partition coefficient (Wildman–Crippen LogP) is 1.63. The first kappa shape index (κ1) is 8.88. The van der Waals surface area contributed by atoms with Crippen LogP contribution in [-0.4, -0.2) is 15.0 Å². The number of hydrogen-bond donors (Lipinski definition) is 0. The Kier molecular flexibility index (Phi) is 2.80. The predicted molar refractivity (Wildman–Crippen MR) is 42.6 cm³/mol. The molecule has 1 rings (SSSR count). The van der Waals surface area contributed by atoms with E-state index in [0.717, 1.165) is 11.4 Å². The van der Waals surface area contributed by atoms with Crippen molar-refractivity contribution in [1.82, 2.24) is 15.0 Å². The fourth-order valence-electron chi connectivity index (χ4n) is 0.556. The maximum absolute atomic E-state index is 4.02. The lowest BCUT2D eigenvalue weighted by Crippen LogP contribution is -1.89. The van der Waals surface area contributed by atoms with Gasteiger partial charge in [0.2, 0.25) is 0 Å². The molecule has 0 aliphatic rings. The van der Waals surface area contributed by atoms with Gasteiger partial charge in [0.15, 0.2) is 0 Å². The minimum absolute atomic E-state index is 0. The van der Waals surface area contributed by atoms with Gasteiger partial charge in [-0.1, -0.05) is 14.0 Å². The smallest absolute Gasteiger partial charge is 0.0829 e. The molecule has 0 fully saturated rings. The Balaban J connectivity index is 0.000000810. The highest BCUT2D eigenvalue weighted by Crippen LogP contribution is 1.96. The van der Waals surface area contributed by atoms with Gasteiger partial charge in [0.25, 0.3) is 0 Å². The van der Waals surface area contributed by atoms with Crippen LogP contribution in [0.15, 0.2) is 6.58 Å². The summed E-state index contributed by atoms with van der Waals surface area (Å²) < 4.78 is 0. The zero-order chi connectivity index (χ0) is 6.85. The van der Waals surface area contributed by atoms with E-state index in [9.17, 15) is 0 Å². The third-order valence-electron chi connectivity index (χ3n) is 1.19. The molecule has 0 spiro atoms. The number of hydrogen-bond acceptors (Lipinski definition) is 2. The lowest BCUT2D eigenvalue weighted by atomic mass is 10.4.